The smallest absolute Gasteiger partial charge is 0.234 e. The monoisotopic (exact) mass is 227 g/mol. The molecule has 0 radical (unpaired) electrons. The third-order valence-electron chi connectivity index (χ3n) is 3.68. The molecule has 1 aromatic carbocycles. The van der Waals surface area contributed by atoms with Gasteiger partial charge in [0.2, 0.25) is 6.33 Å². The third kappa shape index (κ3) is 1.78. The van der Waals surface area contributed by atoms with Crippen molar-refractivity contribution in [2.45, 2.75) is 38.8 Å². The molecular weight excluding hydrogens is 208 g/mol. The number of aryl methyl sites for hydroxylation is 1. The lowest BCUT2D eigenvalue weighted by Crippen LogP contribution is -2.34. The molecule has 1 aliphatic heterocycles. The molecule has 1 aliphatic rings. The lowest BCUT2D eigenvalue weighted by Gasteiger charge is -2.08. The van der Waals surface area contributed by atoms with E-state index in [0.29, 0.717) is 12.1 Å². The zero-order chi connectivity index (χ0) is 11.8. The van der Waals surface area contributed by atoms with Crippen molar-refractivity contribution in [1.82, 2.24) is 4.57 Å². The Morgan fingerprint density at radius 1 is 1.24 bits per heavy atom. The van der Waals surface area contributed by atoms with Gasteiger partial charge >= 0.3 is 0 Å². The predicted octanol–water partition coefficient (Wildman–Crippen LogP) is 2.89. The second-order valence-corrected chi connectivity index (χ2v) is 5.15. The van der Waals surface area contributed by atoms with Gasteiger partial charge in [0.15, 0.2) is 0 Å². The minimum Gasteiger partial charge on any atom is -0.234 e. The molecule has 0 bridgehead atoms. The van der Waals surface area contributed by atoms with Gasteiger partial charge in [-0.2, -0.15) is 0 Å². The summed E-state index contributed by atoms with van der Waals surface area (Å²) in [6.45, 7) is 4.46. The molecular formula is C15H19N2+. The van der Waals surface area contributed by atoms with Gasteiger partial charge in [0, 0.05) is 12.8 Å². The lowest BCUT2D eigenvalue weighted by molar-refractivity contribution is -0.716. The van der Waals surface area contributed by atoms with Crippen LogP contribution in [0.25, 0.3) is 0 Å². The quantitative estimate of drug-likeness (QED) is 0.698. The number of hydrogen-bond donors (Lipinski definition) is 0. The fourth-order valence-electron chi connectivity index (χ4n) is 2.67. The van der Waals surface area contributed by atoms with Crippen molar-refractivity contribution >= 4 is 0 Å². The molecule has 0 N–H and O–H groups in total. The summed E-state index contributed by atoms with van der Waals surface area (Å²) in [6.07, 6.45) is 7.00. The maximum absolute atomic E-state index is 2.44. The van der Waals surface area contributed by atoms with Crippen LogP contribution in [0.1, 0.15) is 43.6 Å². The molecule has 0 fully saturated rings. The summed E-state index contributed by atoms with van der Waals surface area (Å²) in [5.41, 5.74) is 2.89. The van der Waals surface area contributed by atoms with Crippen LogP contribution in [0.2, 0.25) is 0 Å². The van der Waals surface area contributed by atoms with E-state index < -0.39 is 0 Å². The Bertz CT molecular complexity index is 511. The molecule has 1 aromatic heterocycles. The van der Waals surface area contributed by atoms with E-state index in [9.17, 15) is 0 Å². The zero-order valence-corrected chi connectivity index (χ0v) is 10.5. The minimum atomic E-state index is 0.534. The van der Waals surface area contributed by atoms with Crippen LogP contribution in [0.3, 0.4) is 0 Å². The Balaban J connectivity index is 1.98. The number of imidazole rings is 1. The standard InChI is InChI=1S/C15H19N2/c1-12(2)16-10-14-8-9-15(17(14)11-16)13-6-4-3-5-7-13/h3-7,10-12,15H,8-9H2,1-2H3/q+1/t15-/m1/s1. The molecule has 0 spiro atoms. The van der Waals surface area contributed by atoms with Crippen LogP contribution in [0.5, 0.6) is 0 Å². The molecule has 17 heavy (non-hydrogen) atoms. The van der Waals surface area contributed by atoms with Crippen LogP contribution in [-0.4, -0.2) is 4.57 Å². The highest BCUT2D eigenvalue weighted by atomic mass is 15.2. The van der Waals surface area contributed by atoms with Crippen LogP contribution in [0, 0.1) is 0 Å². The van der Waals surface area contributed by atoms with Crippen molar-refractivity contribution < 1.29 is 4.57 Å². The number of rotatable bonds is 2. The van der Waals surface area contributed by atoms with Gasteiger partial charge in [-0.1, -0.05) is 30.3 Å². The molecule has 3 rings (SSSR count). The highest BCUT2D eigenvalue weighted by molar-refractivity contribution is 5.23. The maximum atomic E-state index is 2.44. The second kappa shape index (κ2) is 4.02. The summed E-state index contributed by atoms with van der Waals surface area (Å²) in [5, 5.41) is 0. The summed E-state index contributed by atoms with van der Waals surface area (Å²) in [7, 11) is 0. The first kappa shape index (κ1) is 10.6. The van der Waals surface area contributed by atoms with Gasteiger partial charge in [-0.25, -0.2) is 9.13 Å². The van der Waals surface area contributed by atoms with E-state index >= 15 is 0 Å². The summed E-state index contributed by atoms with van der Waals surface area (Å²) < 4.78 is 4.75. The van der Waals surface area contributed by atoms with Gasteiger partial charge in [0.1, 0.15) is 17.9 Å². The van der Waals surface area contributed by atoms with Crippen LogP contribution in [-0.2, 0) is 6.42 Å². The molecule has 2 nitrogen and oxygen atoms in total. The summed E-state index contributed by atoms with van der Waals surface area (Å²) >= 11 is 0. The van der Waals surface area contributed by atoms with E-state index in [1.165, 1.54) is 24.1 Å². The van der Waals surface area contributed by atoms with Crippen LogP contribution >= 0.6 is 0 Å². The van der Waals surface area contributed by atoms with Crippen LogP contribution < -0.4 is 4.57 Å². The van der Waals surface area contributed by atoms with Crippen molar-refractivity contribution in [2.24, 2.45) is 0 Å². The predicted molar refractivity (Wildman–Crippen MR) is 67.9 cm³/mol. The highest BCUT2D eigenvalue weighted by Gasteiger charge is 2.30. The van der Waals surface area contributed by atoms with Gasteiger partial charge in [-0.05, 0) is 19.4 Å². The van der Waals surface area contributed by atoms with E-state index in [1.807, 2.05) is 0 Å². The van der Waals surface area contributed by atoms with E-state index in [4.69, 9.17) is 0 Å². The summed E-state index contributed by atoms with van der Waals surface area (Å²) in [5.74, 6) is 0. The van der Waals surface area contributed by atoms with Gasteiger partial charge in [0.25, 0.3) is 0 Å². The van der Waals surface area contributed by atoms with E-state index in [-0.39, 0.29) is 0 Å². The van der Waals surface area contributed by atoms with Gasteiger partial charge in [-0.15, -0.1) is 0 Å². The van der Waals surface area contributed by atoms with Crippen molar-refractivity contribution in [3.63, 3.8) is 0 Å². The first-order valence-electron chi connectivity index (χ1n) is 6.42. The molecule has 88 valence electrons. The average Bonchev–Trinajstić information content (AvgIpc) is 2.89. The fraction of sp³-hybridized carbons (Fsp3) is 0.400. The largest absolute Gasteiger partial charge is 0.244 e. The summed E-state index contributed by atoms with van der Waals surface area (Å²) in [4.78, 5) is 0. The van der Waals surface area contributed by atoms with E-state index in [1.54, 1.807) is 0 Å². The topological polar surface area (TPSA) is 8.81 Å². The third-order valence-corrected chi connectivity index (χ3v) is 3.68. The number of aromatic nitrogens is 2. The van der Waals surface area contributed by atoms with Crippen molar-refractivity contribution in [1.29, 1.82) is 0 Å². The van der Waals surface area contributed by atoms with Gasteiger partial charge in [0.05, 0.1) is 6.04 Å². The van der Waals surface area contributed by atoms with Gasteiger partial charge in [-0.3, -0.25) is 0 Å². The second-order valence-electron chi connectivity index (χ2n) is 5.15. The average molecular weight is 227 g/mol. The first-order chi connectivity index (χ1) is 8.25. The number of hydrogen-bond acceptors (Lipinski definition) is 0. The number of nitrogens with zero attached hydrogens (tertiary/aromatic N) is 2. The van der Waals surface area contributed by atoms with Crippen molar-refractivity contribution in [3.8, 4) is 0 Å². The molecule has 0 saturated carbocycles. The molecule has 2 aromatic rings. The number of fused-ring (bicyclic) bond motifs is 1. The normalized spacial score (nSPS) is 18.6. The first-order valence-corrected chi connectivity index (χ1v) is 6.42. The van der Waals surface area contributed by atoms with Crippen LogP contribution in [0.4, 0.5) is 0 Å². The molecule has 0 amide bonds. The molecule has 0 unspecified atom stereocenters. The Morgan fingerprint density at radius 3 is 2.71 bits per heavy atom. The lowest BCUT2D eigenvalue weighted by atomic mass is 10.1. The summed E-state index contributed by atoms with van der Waals surface area (Å²) in [6, 6.07) is 11.9. The minimum absolute atomic E-state index is 0.534. The molecule has 0 aliphatic carbocycles. The van der Waals surface area contributed by atoms with Crippen molar-refractivity contribution in [2.75, 3.05) is 0 Å². The Morgan fingerprint density at radius 2 is 2.00 bits per heavy atom. The highest BCUT2D eigenvalue weighted by Crippen LogP contribution is 2.30. The van der Waals surface area contributed by atoms with E-state index in [2.05, 4.69) is 65.8 Å². The van der Waals surface area contributed by atoms with Crippen LogP contribution in [0.15, 0.2) is 42.9 Å². The molecule has 1 atom stereocenters. The zero-order valence-electron chi connectivity index (χ0n) is 10.5. The van der Waals surface area contributed by atoms with Gasteiger partial charge < -0.3 is 0 Å². The van der Waals surface area contributed by atoms with E-state index in [0.717, 1.165) is 0 Å². The molecule has 0 saturated heterocycles. The SMILES string of the molecule is CC(C)[n+]1cc2n(c1)[C@@H](c1ccccc1)CC2. The maximum Gasteiger partial charge on any atom is 0.244 e. The fourth-order valence-corrected chi connectivity index (χ4v) is 2.67. The number of benzene rings is 1. The Kier molecular flexibility index (Phi) is 2.50. The van der Waals surface area contributed by atoms with Crippen molar-refractivity contribution in [3.05, 3.63) is 54.1 Å². The Labute approximate surface area is 103 Å². The molecule has 2 heterocycles. The Hall–Kier alpha value is -1.57. The molecule has 2 heteroatoms.